The van der Waals surface area contributed by atoms with E-state index in [0.29, 0.717) is 25.2 Å². The number of carbonyl (C=O) groups is 2. The number of likely N-dealkylation sites (tertiary alicyclic amines) is 1. The molecular weight excluding hydrogens is 302 g/mol. The molecule has 0 bridgehead atoms. The first-order valence-electron chi connectivity index (χ1n) is 9.05. The topological polar surface area (TPSA) is 52.7 Å². The first-order chi connectivity index (χ1) is 11.6. The van der Waals surface area contributed by atoms with Crippen molar-refractivity contribution in [3.8, 4) is 0 Å². The van der Waals surface area contributed by atoms with Crippen LogP contribution >= 0.6 is 0 Å². The average Bonchev–Trinajstić information content (AvgIpc) is 2.85. The molecule has 1 aromatic rings. The van der Waals surface area contributed by atoms with Gasteiger partial charge in [-0.1, -0.05) is 12.8 Å². The normalized spacial score (nSPS) is 15.6. The van der Waals surface area contributed by atoms with Crippen LogP contribution in [0.3, 0.4) is 0 Å². The van der Waals surface area contributed by atoms with Crippen LogP contribution in [0.25, 0.3) is 0 Å². The molecule has 0 atom stereocenters. The highest BCUT2D eigenvalue weighted by atomic mass is 16.2. The number of anilines is 1. The predicted octanol–water partition coefficient (Wildman–Crippen LogP) is 2.98. The van der Waals surface area contributed by atoms with Crippen molar-refractivity contribution in [3.05, 3.63) is 29.8 Å². The highest BCUT2D eigenvalue weighted by Crippen LogP contribution is 2.13. The predicted molar refractivity (Wildman–Crippen MR) is 97.2 cm³/mol. The Morgan fingerprint density at radius 1 is 1.00 bits per heavy atom. The van der Waals surface area contributed by atoms with Crippen LogP contribution in [-0.4, -0.2) is 54.3 Å². The summed E-state index contributed by atoms with van der Waals surface area (Å²) in [6.45, 7) is 7.79. The van der Waals surface area contributed by atoms with Crippen molar-refractivity contribution >= 4 is 17.5 Å². The lowest BCUT2D eigenvalue weighted by Gasteiger charge is -2.19. The minimum absolute atomic E-state index is 0.0136. The fraction of sp³-hybridized carbons (Fsp3) is 0.579. The quantitative estimate of drug-likeness (QED) is 0.872. The maximum absolute atomic E-state index is 12.3. The average molecular weight is 331 g/mol. The van der Waals surface area contributed by atoms with Gasteiger partial charge in [0.2, 0.25) is 5.91 Å². The van der Waals surface area contributed by atoms with E-state index in [1.54, 1.807) is 29.2 Å². The van der Waals surface area contributed by atoms with Crippen LogP contribution in [0.4, 0.5) is 5.69 Å². The highest BCUT2D eigenvalue weighted by Gasteiger charge is 2.14. The summed E-state index contributed by atoms with van der Waals surface area (Å²) >= 11 is 0. The molecule has 0 radical (unpaired) electrons. The number of nitrogens with one attached hydrogen (secondary N) is 1. The minimum atomic E-state index is 0.0136. The molecule has 1 fully saturated rings. The molecule has 1 heterocycles. The Bertz CT molecular complexity index is 530. The first kappa shape index (κ1) is 18.5. The molecule has 0 aliphatic carbocycles. The molecule has 1 saturated heterocycles. The fourth-order valence-electron chi connectivity index (χ4n) is 3.09. The third-order valence-electron chi connectivity index (χ3n) is 4.53. The molecule has 1 aliphatic rings. The Morgan fingerprint density at radius 2 is 1.58 bits per heavy atom. The fourth-order valence-corrected chi connectivity index (χ4v) is 3.09. The Balaban J connectivity index is 1.88. The van der Waals surface area contributed by atoms with Crippen LogP contribution in [0.15, 0.2) is 24.3 Å². The van der Waals surface area contributed by atoms with E-state index in [-0.39, 0.29) is 11.8 Å². The molecule has 0 spiro atoms. The lowest BCUT2D eigenvalue weighted by Crippen LogP contribution is -2.34. The van der Waals surface area contributed by atoms with Crippen molar-refractivity contribution in [1.82, 2.24) is 9.80 Å². The summed E-state index contributed by atoms with van der Waals surface area (Å²) in [6, 6.07) is 7.17. The number of carbonyl (C=O) groups excluding carboxylic acids is 2. The molecule has 0 saturated carbocycles. The number of hydrogen-bond donors (Lipinski definition) is 1. The van der Waals surface area contributed by atoms with Crippen molar-refractivity contribution in [1.29, 1.82) is 0 Å². The van der Waals surface area contributed by atoms with E-state index < -0.39 is 0 Å². The number of amides is 2. The summed E-state index contributed by atoms with van der Waals surface area (Å²) in [4.78, 5) is 28.5. The molecule has 5 heteroatoms. The Labute approximate surface area is 145 Å². The lowest BCUT2D eigenvalue weighted by atomic mass is 10.1. The van der Waals surface area contributed by atoms with Gasteiger partial charge in [0.05, 0.1) is 6.54 Å². The van der Waals surface area contributed by atoms with E-state index in [1.807, 2.05) is 13.8 Å². The molecule has 0 aromatic heterocycles. The number of nitrogens with zero attached hydrogens (tertiary/aromatic N) is 2. The van der Waals surface area contributed by atoms with Gasteiger partial charge in [0, 0.05) is 24.3 Å². The molecule has 1 aromatic carbocycles. The number of rotatable bonds is 6. The summed E-state index contributed by atoms with van der Waals surface area (Å²) in [6.07, 6.45) is 4.88. The second-order valence-corrected chi connectivity index (χ2v) is 6.29. The first-order valence-corrected chi connectivity index (χ1v) is 9.05. The molecule has 2 amide bonds. The van der Waals surface area contributed by atoms with Crippen LogP contribution in [0.2, 0.25) is 0 Å². The largest absolute Gasteiger partial charge is 0.339 e. The zero-order valence-corrected chi connectivity index (χ0v) is 14.9. The zero-order chi connectivity index (χ0) is 17.4. The van der Waals surface area contributed by atoms with Gasteiger partial charge in [0.15, 0.2) is 0 Å². The highest BCUT2D eigenvalue weighted by molar-refractivity contribution is 5.96. The van der Waals surface area contributed by atoms with Gasteiger partial charge >= 0.3 is 0 Å². The molecule has 2 rings (SSSR count). The monoisotopic (exact) mass is 331 g/mol. The minimum Gasteiger partial charge on any atom is -0.339 e. The molecule has 5 nitrogen and oxygen atoms in total. The van der Waals surface area contributed by atoms with Gasteiger partial charge in [0.1, 0.15) is 0 Å². The Morgan fingerprint density at radius 3 is 2.12 bits per heavy atom. The molecule has 1 N–H and O–H groups in total. The lowest BCUT2D eigenvalue weighted by molar-refractivity contribution is -0.117. The van der Waals surface area contributed by atoms with E-state index in [4.69, 9.17) is 0 Å². The van der Waals surface area contributed by atoms with Gasteiger partial charge in [-0.25, -0.2) is 0 Å². The Kier molecular flexibility index (Phi) is 7.25. The third-order valence-corrected chi connectivity index (χ3v) is 4.53. The smallest absolute Gasteiger partial charge is 0.253 e. The van der Waals surface area contributed by atoms with Crippen molar-refractivity contribution in [2.75, 3.05) is 38.0 Å². The van der Waals surface area contributed by atoms with Crippen LogP contribution in [0.1, 0.15) is 49.9 Å². The van der Waals surface area contributed by atoms with E-state index in [0.717, 1.165) is 18.8 Å². The summed E-state index contributed by atoms with van der Waals surface area (Å²) in [5.74, 6) is 0.0437. The van der Waals surface area contributed by atoms with E-state index in [1.165, 1.54) is 25.7 Å². The standard InChI is InChI=1S/C19H29N3O2/c1-3-22(4-2)19(24)16-9-11-17(12-10-16)20-18(23)15-21-13-7-5-6-8-14-21/h9-12H,3-8,13-15H2,1-2H3,(H,20,23). The summed E-state index contributed by atoms with van der Waals surface area (Å²) in [5.41, 5.74) is 1.40. The van der Waals surface area contributed by atoms with Gasteiger partial charge in [-0.2, -0.15) is 0 Å². The maximum atomic E-state index is 12.3. The molecule has 1 aliphatic heterocycles. The summed E-state index contributed by atoms with van der Waals surface area (Å²) < 4.78 is 0. The van der Waals surface area contributed by atoms with E-state index in [9.17, 15) is 9.59 Å². The van der Waals surface area contributed by atoms with E-state index >= 15 is 0 Å². The number of hydrogen-bond acceptors (Lipinski definition) is 3. The molecule has 0 unspecified atom stereocenters. The van der Waals surface area contributed by atoms with Gasteiger partial charge in [-0.05, 0) is 64.0 Å². The van der Waals surface area contributed by atoms with Crippen molar-refractivity contribution < 1.29 is 9.59 Å². The van der Waals surface area contributed by atoms with Gasteiger partial charge in [-0.3, -0.25) is 14.5 Å². The second kappa shape index (κ2) is 9.42. The van der Waals surface area contributed by atoms with Crippen LogP contribution in [0, 0.1) is 0 Å². The van der Waals surface area contributed by atoms with Crippen molar-refractivity contribution in [2.24, 2.45) is 0 Å². The van der Waals surface area contributed by atoms with E-state index in [2.05, 4.69) is 10.2 Å². The maximum Gasteiger partial charge on any atom is 0.253 e. The van der Waals surface area contributed by atoms with Crippen LogP contribution in [-0.2, 0) is 4.79 Å². The summed E-state index contributed by atoms with van der Waals surface area (Å²) in [7, 11) is 0. The molecular formula is C19H29N3O2. The summed E-state index contributed by atoms with van der Waals surface area (Å²) in [5, 5.41) is 2.93. The zero-order valence-electron chi connectivity index (χ0n) is 14.9. The Hall–Kier alpha value is -1.88. The number of benzene rings is 1. The third kappa shape index (κ3) is 5.34. The van der Waals surface area contributed by atoms with Gasteiger partial charge in [0.25, 0.3) is 5.91 Å². The SMILES string of the molecule is CCN(CC)C(=O)c1ccc(NC(=O)CN2CCCCCC2)cc1. The van der Waals surface area contributed by atoms with Gasteiger partial charge in [-0.15, -0.1) is 0 Å². The van der Waals surface area contributed by atoms with Crippen LogP contribution in [0.5, 0.6) is 0 Å². The van der Waals surface area contributed by atoms with Crippen LogP contribution < -0.4 is 5.32 Å². The van der Waals surface area contributed by atoms with Gasteiger partial charge < -0.3 is 10.2 Å². The van der Waals surface area contributed by atoms with Crippen molar-refractivity contribution in [2.45, 2.75) is 39.5 Å². The molecule has 132 valence electrons. The van der Waals surface area contributed by atoms with Crippen molar-refractivity contribution in [3.63, 3.8) is 0 Å². The second-order valence-electron chi connectivity index (χ2n) is 6.29. The molecule has 24 heavy (non-hydrogen) atoms.